The number of hydrogen-bond acceptors (Lipinski definition) is 2. The monoisotopic (exact) mass is 300 g/mol. The lowest BCUT2D eigenvalue weighted by molar-refractivity contribution is 0.0669. The zero-order valence-electron chi connectivity index (χ0n) is 10.7. The standard InChI is InChI=1S/C14H18Cl2N2O/c15-12-5-1-4-11(13(12)16)14(19)18-8-2-3-10(9-18)6-7-17/h1,4-5,10H,2-3,6-9,17H2. The van der Waals surface area contributed by atoms with E-state index >= 15 is 0 Å². The van der Waals surface area contributed by atoms with E-state index in [4.69, 9.17) is 28.9 Å². The van der Waals surface area contributed by atoms with Crippen molar-refractivity contribution in [3.63, 3.8) is 0 Å². The fraction of sp³-hybridized carbons (Fsp3) is 0.500. The van der Waals surface area contributed by atoms with Crippen LogP contribution in [-0.2, 0) is 0 Å². The molecule has 1 aliphatic rings. The average molecular weight is 301 g/mol. The molecule has 1 atom stereocenters. The molecule has 0 aliphatic carbocycles. The number of rotatable bonds is 3. The fourth-order valence-electron chi connectivity index (χ4n) is 2.56. The van der Waals surface area contributed by atoms with Crippen molar-refractivity contribution < 1.29 is 4.79 Å². The quantitative estimate of drug-likeness (QED) is 0.932. The van der Waals surface area contributed by atoms with E-state index in [0.29, 0.717) is 28.1 Å². The van der Waals surface area contributed by atoms with Gasteiger partial charge < -0.3 is 10.6 Å². The first-order valence-corrected chi connectivity index (χ1v) is 7.32. The third-order valence-corrected chi connectivity index (χ3v) is 4.38. The van der Waals surface area contributed by atoms with Gasteiger partial charge in [0.2, 0.25) is 0 Å². The van der Waals surface area contributed by atoms with Crippen molar-refractivity contribution in [2.45, 2.75) is 19.3 Å². The highest BCUT2D eigenvalue weighted by Gasteiger charge is 2.25. The van der Waals surface area contributed by atoms with Crippen LogP contribution in [0.3, 0.4) is 0 Å². The molecular weight excluding hydrogens is 283 g/mol. The molecule has 0 radical (unpaired) electrons. The van der Waals surface area contributed by atoms with Gasteiger partial charge in [0.1, 0.15) is 0 Å². The number of piperidine rings is 1. The first-order valence-electron chi connectivity index (χ1n) is 6.57. The summed E-state index contributed by atoms with van der Waals surface area (Å²) in [6.07, 6.45) is 3.13. The second kappa shape index (κ2) is 6.60. The molecular formula is C14H18Cl2N2O. The summed E-state index contributed by atoms with van der Waals surface area (Å²) in [6, 6.07) is 5.17. The first kappa shape index (κ1) is 14.6. The molecule has 2 rings (SSSR count). The minimum absolute atomic E-state index is 0.0331. The van der Waals surface area contributed by atoms with Crippen molar-refractivity contribution in [2.75, 3.05) is 19.6 Å². The summed E-state index contributed by atoms with van der Waals surface area (Å²) < 4.78 is 0. The molecule has 0 bridgehead atoms. The predicted molar refractivity (Wildman–Crippen MR) is 78.8 cm³/mol. The lowest BCUT2D eigenvalue weighted by Crippen LogP contribution is -2.40. The molecule has 0 aromatic heterocycles. The number of halogens is 2. The number of nitrogens with zero attached hydrogens (tertiary/aromatic N) is 1. The molecule has 1 saturated heterocycles. The van der Waals surface area contributed by atoms with Crippen LogP contribution >= 0.6 is 23.2 Å². The number of nitrogens with two attached hydrogens (primary N) is 1. The largest absolute Gasteiger partial charge is 0.338 e. The van der Waals surface area contributed by atoms with Gasteiger partial charge in [-0.1, -0.05) is 29.3 Å². The zero-order valence-corrected chi connectivity index (χ0v) is 12.3. The molecule has 0 saturated carbocycles. The maximum atomic E-state index is 12.5. The minimum atomic E-state index is -0.0331. The minimum Gasteiger partial charge on any atom is -0.338 e. The van der Waals surface area contributed by atoms with Crippen LogP contribution in [-0.4, -0.2) is 30.4 Å². The molecule has 1 fully saturated rings. The Kier molecular flexibility index (Phi) is 5.08. The Hall–Kier alpha value is -0.770. The van der Waals surface area contributed by atoms with Crippen molar-refractivity contribution in [1.82, 2.24) is 4.90 Å². The molecule has 104 valence electrons. The zero-order chi connectivity index (χ0) is 13.8. The van der Waals surface area contributed by atoms with Gasteiger partial charge in [0.05, 0.1) is 15.6 Å². The van der Waals surface area contributed by atoms with Gasteiger partial charge in [-0.3, -0.25) is 4.79 Å². The molecule has 1 amide bonds. The molecule has 0 spiro atoms. The predicted octanol–water partition coefficient (Wildman–Crippen LogP) is 3.19. The molecule has 1 aromatic rings. The molecule has 5 heteroatoms. The van der Waals surface area contributed by atoms with Crippen LogP contribution in [0.5, 0.6) is 0 Å². The Balaban J connectivity index is 2.12. The third-order valence-electron chi connectivity index (χ3n) is 3.56. The Morgan fingerprint density at radius 2 is 2.21 bits per heavy atom. The highest BCUT2D eigenvalue weighted by Crippen LogP contribution is 2.28. The van der Waals surface area contributed by atoms with Gasteiger partial charge in [-0.2, -0.15) is 0 Å². The maximum absolute atomic E-state index is 12.5. The Morgan fingerprint density at radius 3 is 2.95 bits per heavy atom. The molecule has 1 unspecified atom stereocenters. The highest BCUT2D eigenvalue weighted by molar-refractivity contribution is 6.43. The summed E-state index contributed by atoms with van der Waals surface area (Å²) in [5.41, 5.74) is 6.08. The van der Waals surface area contributed by atoms with Gasteiger partial charge in [-0.15, -0.1) is 0 Å². The smallest absolute Gasteiger partial charge is 0.255 e. The number of amides is 1. The van der Waals surface area contributed by atoms with Gasteiger partial charge >= 0.3 is 0 Å². The lowest BCUT2D eigenvalue weighted by atomic mass is 9.94. The van der Waals surface area contributed by atoms with E-state index in [1.165, 1.54) is 0 Å². The van der Waals surface area contributed by atoms with Gasteiger partial charge in [0, 0.05) is 13.1 Å². The lowest BCUT2D eigenvalue weighted by Gasteiger charge is -2.33. The second-order valence-electron chi connectivity index (χ2n) is 4.94. The van der Waals surface area contributed by atoms with Crippen LogP contribution < -0.4 is 5.73 Å². The van der Waals surface area contributed by atoms with Crippen LogP contribution in [0, 0.1) is 5.92 Å². The van der Waals surface area contributed by atoms with Crippen molar-refractivity contribution in [1.29, 1.82) is 0 Å². The first-order chi connectivity index (χ1) is 9.13. The van der Waals surface area contributed by atoms with Crippen LogP contribution in [0.25, 0.3) is 0 Å². The van der Waals surface area contributed by atoms with Crippen LogP contribution in [0.2, 0.25) is 10.0 Å². The normalized spacial score (nSPS) is 19.5. The number of likely N-dealkylation sites (tertiary alicyclic amines) is 1. The van der Waals surface area contributed by atoms with Crippen molar-refractivity contribution in [3.8, 4) is 0 Å². The summed E-state index contributed by atoms with van der Waals surface area (Å²) in [7, 11) is 0. The summed E-state index contributed by atoms with van der Waals surface area (Å²) in [5.74, 6) is 0.467. The molecule has 3 nitrogen and oxygen atoms in total. The van der Waals surface area contributed by atoms with Gasteiger partial charge in [0.15, 0.2) is 0 Å². The summed E-state index contributed by atoms with van der Waals surface area (Å²) in [4.78, 5) is 14.3. The van der Waals surface area contributed by atoms with Gasteiger partial charge in [-0.05, 0) is 43.9 Å². The van der Waals surface area contributed by atoms with Gasteiger partial charge in [0.25, 0.3) is 5.91 Å². The molecule has 1 heterocycles. The maximum Gasteiger partial charge on any atom is 0.255 e. The summed E-state index contributed by atoms with van der Waals surface area (Å²) in [6.45, 7) is 2.21. The van der Waals surface area contributed by atoms with Crippen LogP contribution in [0.4, 0.5) is 0 Å². The molecule has 1 aliphatic heterocycles. The second-order valence-corrected chi connectivity index (χ2v) is 5.72. The van der Waals surface area contributed by atoms with E-state index in [1.54, 1.807) is 18.2 Å². The van der Waals surface area contributed by atoms with E-state index in [0.717, 1.165) is 32.4 Å². The van der Waals surface area contributed by atoms with E-state index in [1.807, 2.05) is 4.90 Å². The summed E-state index contributed by atoms with van der Waals surface area (Å²) in [5, 5.41) is 0.762. The number of benzene rings is 1. The number of carbonyl (C=O) groups is 1. The molecule has 2 N–H and O–H groups in total. The van der Waals surface area contributed by atoms with Crippen LogP contribution in [0.1, 0.15) is 29.6 Å². The Labute approximate surface area is 123 Å². The fourth-order valence-corrected chi connectivity index (χ4v) is 2.94. The highest BCUT2D eigenvalue weighted by atomic mass is 35.5. The van der Waals surface area contributed by atoms with E-state index in [-0.39, 0.29) is 5.91 Å². The molecule has 1 aromatic carbocycles. The third kappa shape index (κ3) is 3.41. The van der Waals surface area contributed by atoms with E-state index in [9.17, 15) is 4.79 Å². The number of carbonyl (C=O) groups excluding carboxylic acids is 1. The Bertz CT molecular complexity index is 463. The SMILES string of the molecule is NCCC1CCCN(C(=O)c2cccc(Cl)c2Cl)C1. The average Bonchev–Trinajstić information content (AvgIpc) is 2.42. The van der Waals surface area contributed by atoms with Crippen LogP contribution in [0.15, 0.2) is 18.2 Å². The van der Waals surface area contributed by atoms with Crippen molar-refractivity contribution in [2.24, 2.45) is 11.7 Å². The summed E-state index contributed by atoms with van der Waals surface area (Å²) >= 11 is 12.1. The van der Waals surface area contributed by atoms with E-state index in [2.05, 4.69) is 0 Å². The molecule has 19 heavy (non-hydrogen) atoms. The Morgan fingerprint density at radius 1 is 1.42 bits per heavy atom. The van der Waals surface area contributed by atoms with Crippen molar-refractivity contribution >= 4 is 29.1 Å². The van der Waals surface area contributed by atoms with Gasteiger partial charge in [-0.25, -0.2) is 0 Å². The topological polar surface area (TPSA) is 46.3 Å². The van der Waals surface area contributed by atoms with Crippen molar-refractivity contribution in [3.05, 3.63) is 33.8 Å². The number of hydrogen-bond donors (Lipinski definition) is 1. The van der Waals surface area contributed by atoms with E-state index < -0.39 is 0 Å².